The lowest BCUT2D eigenvalue weighted by molar-refractivity contribution is 0.0678. The summed E-state index contributed by atoms with van der Waals surface area (Å²) in [6.45, 7) is 2.66. The van der Waals surface area contributed by atoms with Gasteiger partial charge in [0.1, 0.15) is 0 Å². The van der Waals surface area contributed by atoms with E-state index < -0.39 is 0 Å². The second-order valence-electron chi connectivity index (χ2n) is 4.67. The number of carbonyl (C=O) groups excluding carboxylic acids is 1. The van der Waals surface area contributed by atoms with E-state index in [2.05, 4.69) is 5.43 Å². The number of rotatable bonds is 3. The number of amides is 1. The normalized spacial score (nSPS) is 19.1. The number of carbonyl (C=O) groups is 1. The van der Waals surface area contributed by atoms with Gasteiger partial charge in [0.25, 0.3) is 5.91 Å². The molecule has 5 heteroatoms. The SMILES string of the molecule is Cc1ccc(C(=O)N2CCCC2CO)c(NN)c1. The van der Waals surface area contributed by atoms with E-state index in [1.165, 1.54) is 0 Å². The van der Waals surface area contributed by atoms with Crippen molar-refractivity contribution in [3.8, 4) is 0 Å². The van der Waals surface area contributed by atoms with E-state index in [0.29, 0.717) is 17.8 Å². The molecule has 2 rings (SSSR count). The zero-order chi connectivity index (χ0) is 13.1. The summed E-state index contributed by atoms with van der Waals surface area (Å²) in [5, 5.41) is 9.27. The molecular formula is C13H19N3O2. The van der Waals surface area contributed by atoms with Crippen LogP contribution >= 0.6 is 0 Å². The van der Waals surface area contributed by atoms with Gasteiger partial charge in [-0.3, -0.25) is 10.6 Å². The van der Waals surface area contributed by atoms with Crippen molar-refractivity contribution in [2.24, 2.45) is 5.84 Å². The highest BCUT2D eigenvalue weighted by atomic mass is 16.3. The lowest BCUT2D eigenvalue weighted by atomic mass is 10.1. The Kier molecular flexibility index (Phi) is 3.84. The van der Waals surface area contributed by atoms with Crippen molar-refractivity contribution in [2.45, 2.75) is 25.8 Å². The van der Waals surface area contributed by atoms with Gasteiger partial charge in [0.15, 0.2) is 0 Å². The molecule has 1 heterocycles. The smallest absolute Gasteiger partial charge is 0.256 e. The predicted molar refractivity (Wildman–Crippen MR) is 70.1 cm³/mol. The average molecular weight is 249 g/mol. The number of nitrogens with one attached hydrogen (secondary N) is 1. The number of nitrogens with two attached hydrogens (primary N) is 1. The Balaban J connectivity index is 2.28. The molecule has 18 heavy (non-hydrogen) atoms. The molecule has 4 N–H and O–H groups in total. The fourth-order valence-corrected chi connectivity index (χ4v) is 2.41. The summed E-state index contributed by atoms with van der Waals surface area (Å²) in [6, 6.07) is 5.44. The average Bonchev–Trinajstić information content (AvgIpc) is 2.86. The van der Waals surface area contributed by atoms with Gasteiger partial charge in [0.2, 0.25) is 0 Å². The number of hydrazine groups is 1. The third kappa shape index (κ3) is 2.32. The number of nitrogens with zero attached hydrogens (tertiary/aromatic N) is 1. The van der Waals surface area contributed by atoms with Crippen molar-refractivity contribution in [2.75, 3.05) is 18.6 Å². The van der Waals surface area contributed by atoms with Crippen molar-refractivity contribution in [3.05, 3.63) is 29.3 Å². The third-order valence-electron chi connectivity index (χ3n) is 3.41. The number of likely N-dealkylation sites (tertiary alicyclic amines) is 1. The third-order valence-corrected chi connectivity index (χ3v) is 3.41. The summed E-state index contributed by atoms with van der Waals surface area (Å²) in [5.41, 5.74) is 4.79. The Bertz CT molecular complexity index is 448. The van der Waals surface area contributed by atoms with Crippen LogP contribution in [0.2, 0.25) is 0 Å². The second kappa shape index (κ2) is 5.37. The van der Waals surface area contributed by atoms with Crippen molar-refractivity contribution < 1.29 is 9.90 Å². The number of aryl methyl sites for hydroxylation is 1. The van der Waals surface area contributed by atoms with Crippen LogP contribution in [0.25, 0.3) is 0 Å². The maximum Gasteiger partial charge on any atom is 0.256 e. The maximum absolute atomic E-state index is 12.4. The zero-order valence-corrected chi connectivity index (χ0v) is 10.5. The number of anilines is 1. The summed E-state index contributed by atoms with van der Waals surface area (Å²) in [5.74, 6) is 5.38. The maximum atomic E-state index is 12.4. The summed E-state index contributed by atoms with van der Waals surface area (Å²) in [4.78, 5) is 14.2. The van der Waals surface area contributed by atoms with Crippen LogP contribution < -0.4 is 11.3 Å². The van der Waals surface area contributed by atoms with Crippen LogP contribution in [0.15, 0.2) is 18.2 Å². The van der Waals surface area contributed by atoms with E-state index in [1.54, 1.807) is 11.0 Å². The van der Waals surface area contributed by atoms with E-state index in [9.17, 15) is 9.90 Å². The van der Waals surface area contributed by atoms with Crippen LogP contribution in [0.1, 0.15) is 28.8 Å². The summed E-state index contributed by atoms with van der Waals surface area (Å²) in [7, 11) is 0. The molecule has 1 fully saturated rings. The van der Waals surface area contributed by atoms with Crippen LogP contribution in [0.3, 0.4) is 0 Å². The number of hydrogen-bond acceptors (Lipinski definition) is 4. The summed E-state index contributed by atoms with van der Waals surface area (Å²) >= 11 is 0. The highest BCUT2D eigenvalue weighted by molar-refractivity contribution is 6.00. The monoisotopic (exact) mass is 249 g/mol. The Morgan fingerprint density at radius 3 is 3.06 bits per heavy atom. The van der Waals surface area contributed by atoms with E-state index in [4.69, 9.17) is 5.84 Å². The Morgan fingerprint density at radius 1 is 1.61 bits per heavy atom. The van der Waals surface area contributed by atoms with Crippen LogP contribution in [-0.2, 0) is 0 Å². The van der Waals surface area contributed by atoms with E-state index in [1.807, 2.05) is 19.1 Å². The van der Waals surface area contributed by atoms with Crippen LogP contribution in [-0.4, -0.2) is 35.1 Å². The first-order chi connectivity index (χ1) is 8.67. The van der Waals surface area contributed by atoms with Gasteiger partial charge in [-0.15, -0.1) is 0 Å². The summed E-state index contributed by atoms with van der Waals surface area (Å²) in [6.07, 6.45) is 1.80. The highest BCUT2D eigenvalue weighted by Gasteiger charge is 2.29. The molecule has 0 saturated carbocycles. The standard InChI is InChI=1S/C13H19N3O2/c1-9-4-5-11(12(7-9)15-14)13(18)16-6-2-3-10(16)8-17/h4-5,7,10,15,17H,2-3,6,8,14H2,1H3. The van der Waals surface area contributed by atoms with Gasteiger partial charge in [0.05, 0.1) is 23.9 Å². The van der Waals surface area contributed by atoms with Crippen molar-refractivity contribution >= 4 is 11.6 Å². The van der Waals surface area contributed by atoms with E-state index in [0.717, 1.165) is 18.4 Å². The molecule has 1 aliphatic rings. The van der Waals surface area contributed by atoms with Gasteiger partial charge in [-0.2, -0.15) is 0 Å². The van der Waals surface area contributed by atoms with Gasteiger partial charge < -0.3 is 15.4 Å². The lowest BCUT2D eigenvalue weighted by Crippen LogP contribution is -2.38. The van der Waals surface area contributed by atoms with E-state index >= 15 is 0 Å². The molecule has 1 aromatic rings. The minimum absolute atomic E-state index is 0.0169. The fourth-order valence-electron chi connectivity index (χ4n) is 2.41. The molecule has 0 aliphatic carbocycles. The largest absolute Gasteiger partial charge is 0.394 e. The molecule has 5 nitrogen and oxygen atoms in total. The molecule has 1 saturated heterocycles. The molecule has 1 aliphatic heterocycles. The lowest BCUT2D eigenvalue weighted by Gasteiger charge is -2.24. The first kappa shape index (κ1) is 12.9. The second-order valence-corrected chi connectivity index (χ2v) is 4.67. The minimum atomic E-state index is -0.0699. The molecule has 0 aromatic heterocycles. The Morgan fingerprint density at radius 2 is 2.39 bits per heavy atom. The number of nitrogen functional groups attached to an aromatic ring is 1. The van der Waals surface area contributed by atoms with Crippen molar-refractivity contribution in [1.82, 2.24) is 4.90 Å². The number of aliphatic hydroxyl groups is 1. The van der Waals surface area contributed by atoms with Gasteiger partial charge in [0, 0.05) is 6.54 Å². The molecular weight excluding hydrogens is 230 g/mol. The highest BCUT2D eigenvalue weighted by Crippen LogP contribution is 2.24. The molecule has 0 spiro atoms. The molecule has 1 unspecified atom stereocenters. The van der Waals surface area contributed by atoms with Gasteiger partial charge in [-0.05, 0) is 37.5 Å². The molecule has 1 amide bonds. The first-order valence-electron chi connectivity index (χ1n) is 6.16. The Labute approximate surface area is 107 Å². The quantitative estimate of drug-likeness (QED) is 0.549. The number of benzene rings is 1. The molecule has 98 valence electrons. The minimum Gasteiger partial charge on any atom is -0.394 e. The molecule has 0 radical (unpaired) electrons. The van der Waals surface area contributed by atoms with Crippen molar-refractivity contribution in [1.29, 1.82) is 0 Å². The van der Waals surface area contributed by atoms with Crippen LogP contribution in [0, 0.1) is 6.92 Å². The molecule has 1 aromatic carbocycles. The van der Waals surface area contributed by atoms with Crippen LogP contribution in [0.5, 0.6) is 0 Å². The topological polar surface area (TPSA) is 78.6 Å². The van der Waals surface area contributed by atoms with Gasteiger partial charge >= 0.3 is 0 Å². The van der Waals surface area contributed by atoms with Crippen molar-refractivity contribution in [3.63, 3.8) is 0 Å². The fraction of sp³-hybridized carbons (Fsp3) is 0.462. The molecule has 1 atom stereocenters. The van der Waals surface area contributed by atoms with Crippen LogP contribution in [0.4, 0.5) is 5.69 Å². The van der Waals surface area contributed by atoms with Gasteiger partial charge in [-0.25, -0.2) is 0 Å². The predicted octanol–water partition coefficient (Wildman–Crippen LogP) is 0.878. The summed E-state index contributed by atoms with van der Waals surface area (Å²) < 4.78 is 0. The zero-order valence-electron chi connectivity index (χ0n) is 10.5. The van der Waals surface area contributed by atoms with Gasteiger partial charge in [-0.1, -0.05) is 6.07 Å². The molecule has 0 bridgehead atoms. The Hall–Kier alpha value is -1.59. The first-order valence-corrected chi connectivity index (χ1v) is 6.16. The number of aliphatic hydroxyl groups excluding tert-OH is 1. The number of hydrogen-bond donors (Lipinski definition) is 3. The van der Waals surface area contributed by atoms with E-state index in [-0.39, 0.29) is 18.6 Å².